The minimum absolute atomic E-state index is 0.0805. The van der Waals surface area contributed by atoms with Gasteiger partial charge in [0.05, 0.1) is 0 Å². The van der Waals surface area contributed by atoms with Crippen LogP contribution < -0.4 is 0 Å². The Labute approximate surface area is 195 Å². The largest absolute Gasteiger partial charge is 0.461 e. The quantitative estimate of drug-likeness (QED) is 0.352. The highest BCUT2D eigenvalue weighted by atomic mass is 32.2. The van der Waals surface area contributed by atoms with E-state index in [2.05, 4.69) is 5.16 Å². The second-order valence-electron chi connectivity index (χ2n) is 7.34. The van der Waals surface area contributed by atoms with Crippen molar-refractivity contribution >= 4 is 35.3 Å². The fourth-order valence-electron chi connectivity index (χ4n) is 3.65. The topological polar surface area (TPSA) is 94.5 Å². The number of fused-ring (bicyclic) bond motifs is 1. The van der Waals surface area contributed by atoms with Crippen LogP contribution in [0.3, 0.4) is 0 Å². The summed E-state index contributed by atoms with van der Waals surface area (Å²) in [6.45, 7) is 1.18. The van der Waals surface area contributed by atoms with E-state index in [1.165, 1.54) is 30.7 Å². The summed E-state index contributed by atoms with van der Waals surface area (Å²) in [5.41, 5.74) is 2.38. The van der Waals surface area contributed by atoms with Crippen LogP contribution in [0.5, 0.6) is 0 Å². The normalized spacial score (nSPS) is 18.6. The molecular weight excluding hydrogens is 444 g/mol. The Balaban J connectivity index is 1.69. The number of hydrogen-bond acceptors (Lipinski definition) is 8. The summed E-state index contributed by atoms with van der Waals surface area (Å²) in [5.74, 6) is -1.23. The Kier molecular flexibility index (Phi) is 6.79. The Morgan fingerprint density at radius 2 is 1.70 bits per heavy atom. The maximum absolute atomic E-state index is 13.5. The minimum Gasteiger partial charge on any atom is -0.461 e. The summed E-state index contributed by atoms with van der Waals surface area (Å²) in [4.78, 5) is 43.8. The molecule has 33 heavy (non-hydrogen) atoms. The molecular formula is C24H22N2O6S. The second-order valence-corrected chi connectivity index (χ2v) is 8.41. The SMILES string of the molecule is CON=C1C(=O)N2C(C(=O)OC(c3ccccc3)c3ccccc3)=C(COC(C)=O)CS[C@@H]12. The van der Waals surface area contributed by atoms with E-state index in [-0.39, 0.29) is 18.0 Å². The van der Waals surface area contributed by atoms with Crippen LogP contribution in [0, 0.1) is 0 Å². The van der Waals surface area contributed by atoms with E-state index in [1.54, 1.807) is 0 Å². The average Bonchev–Trinajstić information content (AvgIpc) is 2.84. The number of rotatable bonds is 7. The molecule has 8 nitrogen and oxygen atoms in total. The molecule has 0 aromatic heterocycles. The number of thioether (sulfide) groups is 1. The first-order chi connectivity index (χ1) is 16.0. The lowest BCUT2D eigenvalue weighted by Gasteiger charge is -2.44. The zero-order chi connectivity index (χ0) is 23.4. The van der Waals surface area contributed by atoms with E-state index in [0.29, 0.717) is 11.3 Å². The molecule has 2 aromatic carbocycles. The van der Waals surface area contributed by atoms with Gasteiger partial charge in [-0.05, 0) is 11.1 Å². The van der Waals surface area contributed by atoms with Crippen molar-refractivity contribution < 1.29 is 28.7 Å². The van der Waals surface area contributed by atoms with Gasteiger partial charge in [-0.15, -0.1) is 11.8 Å². The van der Waals surface area contributed by atoms with Gasteiger partial charge < -0.3 is 14.3 Å². The number of nitrogens with zero attached hydrogens (tertiary/aromatic N) is 2. The number of carbonyl (C=O) groups excluding carboxylic acids is 3. The van der Waals surface area contributed by atoms with Crippen molar-refractivity contribution in [3.63, 3.8) is 0 Å². The first-order valence-electron chi connectivity index (χ1n) is 10.2. The molecule has 1 saturated heterocycles. The Morgan fingerprint density at radius 3 is 2.24 bits per heavy atom. The van der Waals surface area contributed by atoms with E-state index in [4.69, 9.17) is 14.3 Å². The van der Waals surface area contributed by atoms with Crippen molar-refractivity contribution in [2.45, 2.75) is 18.4 Å². The minimum atomic E-state index is -0.682. The van der Waals surface area contributed by atoms with Crippen LogP contribution in [0.25, 0.3) is 0 Å². The third kappa shape index (κ3) is 4.63. The molecule has 2 aliphatic heterocycles. The van der Waals surface area contributed by atoms with E-state index < -0.39 is 29.3 Å². The Hall–Kier alpha value is -3.59. The van der Waals surface area contributed by atoms with Crippen molar-refractivity contribution in [1.82, 2.24) is 4.90 Å². The summed E-state index contributed by atoms with van der Waals surface area (Å²) in [7, 11) is 1.36. The fourth-order valence-corrected chi connectivity index (χ4v) is 4.88. The fraction of sp³-hybridized carbons (Fsp3) is 0.250. The van der Waals surface area contributed by atoms with Crippen molar-refractivity contribution in [3.05, 3.63) is 83.1 Å². The first kappa shape index (κ1) is 22.6. The van der Waals surface area contributed by atoms with Crippen LogP contribution in [0.15, 0.2) is 77.1 Å². The lowest BCUT2D eigenvalue weighted by molar-refractivity contribution is -0.148. The third-order valence-electron chi connectivity index (χ3n) is 5.16. The lowest BCUT2D eigenvalue weighted by Crippen LogP contribution is -2.62. The number of ether oxygens (including phenoxy) is 2. The zero-order valence-electron chi connectivity index (χ0n) is 18.1. The summed E-state index contributed by atoms with van der Waals surface area (Å²) in [6, 6.07) is 18.7. The molecule has 2 aromatic rings. The average molecular weight is 467 g/mol. The molecule has 0 bridgehead atoms. The molecule has 9 heteroatoms. The third-order valence-corrected chi connectivity index (χ3v) is 6.42. The molecule has 0 saturated carbocycles. The van der Waals surface area contributed by atoms with Crippen molar-refractivity contribution in [2.24, 2.45) is 5.16 Å². The first-order valence-corrected chi connectivity index (χ1v) is 11.3. The van der Waals surface area contributed by atoms with E-state index in [0.717, 1.165) is 11.1 Å². The van der Waals surface area contributed by atoms with Crippen LogP contribution in [-0.2, 0) is 28.7 Å². The molecule has 2 aliphatic rings. The molecule has 0 aliphatic carbocycles. The van der Waals surface area contributed by atoms with Gasteiger partial charge in [-0.2, -0.15) is 0 Å². The van der Waals surface area contributed by atoms with Crippen molar-refractivity contribution in [1.29, 1.82) is 0 Å². The number of β-lactam (4-membered cyclic amide) rings is 1. The molecule has 0 spiro atoms. The van der Waals surface area contributed by atoms with Crippen molar-refractivity contribution in [3.8, 4) is 0 Å². The smallest absolute Gasteiger partial charge is 0.356 e. The Morgan fingerprint density at radius 1 is 1.09 bits per heavy atom. The van der Waals surface area contributed by atoms with Gasteiger partial charge in [-0.25, -0.2) is 4.79 Å². The lowest BCUT2D eigenvalue weighted by atomic mass is 10.0. The number of oxime groups is 1. The molecule has 2 heterocycles. The monoisotopic (exact) mass is 466 g/mol. The van der Waals surface area contributed by atoms with Gasteiger partial charge in [0.2, 0.25) is 0 Å². The zero-order valence-corrected chi connectivity index (χ0v) is 18.9. The van der Waals surface area contributed by atoms with Crippen LogP contribution >= 0.6 is 11.8 Å². The molecule has 1 amide bonds. The maximum Gasteiger partial charge on any atom is 0.356 e. The van der Waals surface area contributed by atoms with Crippen LogP contribution in [0.1, 0.15) is 24.2 Å². The summed E-state index contributed by atoms with van der Waals surface area (Å²) in [5, 5.41) is 3.32. The highest BCUT2D eigenvalue weighted by Gasteiger charge is 2.52. The van der Waals surface area contributed by atoms with Gasteiger partial charge in [-0.1, -0.05) is 65.8 Å². The molecule has 1 fully saturated rings. The van der Waals surface area contributed by atoms with Gasteiger partial charge in [-0.3, -0.25) is 14.5 Å². The molecule has 1 atom stereocenters. The summed E-state index contributed by atoms with van der Waals surface area (Å²) in [6.07, 6.45) is -0.682. The summed E-state index contributed by atoms with van der Waals surface area (Å²) >= 11 is 1.39. The van der Waals surface area contributed by atoms with Crippen LogP contribution in [-0.4, -0.2) is 53.3 Å². The van der Waals surface area contributed by atoms with Gasteiger partial charge in [0.25, 0.3) is 5.91 Å². The van der Waals surface area contributed by atoms with E-state index in [9.17, 15) is 14.4 Å². The van der Waals surface area contributed by atoms with Crippen molar-refractivity contribution in [2.75, 3.05) is 19.5 Å². The predicted molar refractivity (Wildman–Crippen MR) is 122 cm³/mol. The standard InChI is InChI=1S/C24H22N2O6S/c1-15(27)31-13-18-14-33-23-19(25-30-2)22(28)26(23)20(18)24(29)32-21(16-9-5-3-6-10-16)17-11-7-4-8-12-17/h3-12,21,23H,13-14H2,1-2H3/t23-/m0/s1. The van der Waals surface area contributed by atoms with Crippen LogP contribution in [0.2, 0.25) is 0 Å². The van der Waals surface area contributed by atoms with Gasteiger partial charge in [0.15, 0.2) is 11.8 Å². The number of esters is 2. The predicted octanol–water partition coefficient (Wildman–Crippen LogP) is 3.05. The molecule has 0 unspecified atom stereocenters. The summed E-state index contributed by atoms with van der Waals surface area (Å²) < 4.78 is 11.1. The van der Waals surface area contributed by atoms with Crippen LogP contribution in [0.4, 0.5) is 0 Å². The van der Waals surface area contributed by atoms with Gasteiger partial charge in [0, 0.05) is 18.2 Å². The molecule has 0 radical (unpaired) electrons. The molecule has 170 valence electrons. The highest BCUT2D eigenvalue weighted by molar-refractivity contribution is 8.01. The van der Waals surface area contributed by atoms with E-state index in [1.807, 2.05) is 60.7 Å². The Bertz CT molecular complexity index is 1080. The molecule has 4 rings (SSSR count). The second kappa shape index (κ2) is 9.91. The number of amides is 1. The number of benzene rings is 2. The number of hydrogen-bond donors (Lipinski definition) is 0. The van der Waals surface area contributed by atoms with Gasteiger partial charge >= 0.3 is 11.9 Å². The van der Waals surface area contributed by atoms with Gasteiger partial charge in [0.1, 0.15) is 24.8 Å². The molecule has 0 N–H and O–H groups in total. The highest BCUT2D eigenvalue weighted by Crippen LogP contribution is 2.40. The maximum atomic E-state index is 13.5. The van der Waals surface area contributed by atoms with E-state index >= 15 is 0 Å². The number of carbonyl (C=O) groups is 3.